The lowest BCUT2D eigenvalue weighted by Crippen LogP contribution is -3.00. The third kappa shape index (κ3) is 3.73. The maximum Gasteiger partial charge on any atom is 0.131 e. The molecule has 0 aliphatic rings. The van der Waals surface area contributed by atoms with Crippen LogP contribution < -0.4 is 24.0 Å². The molecule has 7 heteroatoms. The number of para-hydroxylation sites is 3. The van der Waals surface area contributed by atoms with Gasteiger partial charge in [0.15, 0.2) is 0 Å². The summed E-state index contributed by atoms with van der Waals surface area (Å²) in [6, 6.07) is 16.4. The second-order valence-electron chi connectivity index (χ2n) is 7.42. The lowest BCUT2D eigenvalue weighted by atomic mass is 10.3. The average Bonchev–Trinajstić information content (AvgIpc) is 3.14. The molecular formula is C19H23IN6. The van der Waals surface area contributed by atoms with E-state index in [4.69, 9.17) is 4.98 Å². The van der Waals surface area contributed by atoms with E-state index in [1.54, 1.807) is 0 Å². The Morgan fingerprint density at radius 3 is 2.27 bits per heavy atom. The van der Waals surface area contributed by atoms with Gasteiger partial charge in [-0.05, 0) is 24.3 Å². The zero-order chi connectivity index (χ0) is 17.4. The van der Waals surface area contributed by atoms with Crippen molar-refractivity contribution >= 4 is 22.1 Å². The molecule has 0 bridgehead atoms. The van der Waals surface area contributed by atoms with Crippen LogP contribution in [0.4, 0.5) is 0 Å². The first-order valence-corrected chi connectivity index (χ1v) is 8.54. The van der Waals surface area contributed by atoms with Gasteiger partial charge in [0.2, 0.25) is 0 Å². The van der Waals surface area contributed by atoms with Crippen LogP contribution in [0.2, 0.25) is 0 Å². The van der Waals surface area contributed by atoms with Crippen LogP contribution in [0.25, 0.3) is 22.1 Å². The number of halogens is 1. The Bertz CT molecular complexity index is 1030. The Balaban J connectivity index is 0.00000196. The summed E-state index contributed by atoms with van der Waals surface area (Å²) in [6.07, 6.45) is 0. The Morgan fingerprint density at radius 2 is 1.54 bits per heavy atom. The van der Waals surface area contributed by atoms with E-state index < -0.39 is 0 Å². The molecule has 0 aliphatic carbocycles. The van der Waals surface area contributed by atoms with Crippen LogP contribution in [0, 0.1) is 0 Å². The van der Waals surface area contributed by atoms with Crippen LogP contribution in [-0.4, -0.2) is 56.7 Å². The fourth-order valence-electron chi connectivity index (χ4n) is 3.06. The number of quaternary nitrogens is 1. The highest BCUT2D eigenvalue weighted by Crippen LogP contribution is 2.18. The lowest BCUT2D eigenvalue weighted by molar-refractivity contribution is -0.870. The molecule has 4 aromatic rings. The standard InChI is InChI=1S/C19H23N6.HI/c1-25(2,3)13-12-23-17-10-6-4-8-15(17)20-19(23)14-24-18-11-7-5-9-16(18)21-22-24;/h4-11H,12-14H2,1-3H3;1H/q+1;/p-1. The van der Waals surface area contributed by atoms with Gasteiger partial charge in [-0.2, -0.15) is 0 Å². The van der Waals surface area contributed by atoms with Gasteiger partial charge >= 0.3 is 0 Å². The van der Waals surface area contributed by atoms with Gasteiger partial charge in [0.25, 0.3) is 0 Å². The topological polar surface area (TPSA) is 48.5 Å². The molecule has 0 fully saturated rings. The normalized spacial score (nSPS) is 11.8. The van der Waals surface area contributed by atoms with Crippen molar-refractivity contribution in [2.45, 2.75) is 13.1 Å². The lowest BCUT2D eigenvalue weighted by Gasteiger charge is -2.24. The molecule has 0 saturated carbocycles. The SMILES string of the molecule is C[N+](C)(C)CCn1c(Cn2nnc3ccccc32)nc2ccccc21.[I-]. The number of benzene rings is 2. The van der Waals surface area contributed by atoms with E-state index in [-0.39, 0.29) is 24.0 Å². The predicted molar refractivity (Wildman–Crippen MR) is 99.3 cm³/mol. The van der Waals surface area contributed by atoms with E-state index in [0.717, 1.165) is 39.9 Å². The van der Waals surface area contributed by atoms with Crippen LogP contribution in [0.1, 0.15) is 5.82 Å². The van der Waals surface area contributed by atoms with Crippen molar-refractivity contribution in [2.75, 3.05) is 27.7 Å². The molecule has 0 N–H and O–H groups in total. The quantitative estimate of drug-likeness (QED) is 0.298. The molecule has 0 spiro atoms. The summed E-state index contributed by atoms with van der Waals surface area (Å²) >= 11 is 0. The van der Waals surface area contributed by atoms with E-state index in [2.05, 4.69) is 54.2 Å². The van der Waals surface area contributed by atoms with Crippen LogP contribution >= 0.6 is 0 Å². The number of nitrogens with zero attached hydrogens (tertiary/aromatic N) is 6. The Morgan fingerprint density at radius 1 is 0.885 bits per heavy atom. The number of hydrogen-bond donors (Lipinski definition) is 0. The minimum atomic E-state index is 0. The van der Waals surface area contributed by atoms with Gasteiger partial charge in [0.05, 0.1) is 50.8 Å². The fourth-order valence-corrected chi connectivity index (χ4v) is 3.06. The Hall–Kier alpha value is -2.00. The molecule has 0 unspecified atom stereocenters. The summed E-state index contributed by atoms with van der Waals surface area (Å²) in [5, 5.41) is 8.58. The van der Waals surface area contributed by atoms with Crippen molar-refractivity contribution in [3.63, 3.8) is 0 Å². The first kappa shape index (κ1) is 18.8. The van der Waals surface area contributed by atoms with E-state index in [1.165, 1.54) is 5.52 Å². The number of likely N-dealkylation sites (N-methyl/N-ethyl adjacent to an activating group) is 1. The summed E-state index contributed by atoms with van der Waals surface area (Å²) < 4.78 is 5.16. The number of imidazole rings is 1. The van der Waals surface area contributed by atoms with E-state index in [1.807, 2.05) is 35.0 Å². The average molecular weight is 462 g/mol. The molecule has 0 aliphatic heterocycles. The first-order valence-electron chi connectivity index (χ1n) is 8.54. The van der Waals surface area contributed by atoms with Gasteiger partial charge in [0.1, 0.15) is 17.9 Å². The molecule has 26 heavy (non-hydrogen) atoms. The van der Waals surface area contributed by atoms with Crippen LogP contribution in [0.3, 0.4) is 0 Å². The molecule has 0 atom stereocenters. The van der Waals surface area contributed by atoms with Crippen molar-refractivity contribution in [3.05, 3.63) is 54.4 Å². The van der Waals surface area contributed by atoms with Gasteiger partial charge in [-0.1, -0.05) is 29.5 Å². The smallest absolute Gasteiger partial charge is 0.131 e. The molecular weight excluding hydrogens is 439 g/mol. The Kier molecular flexibility index (Phi) is 5.29. The maximum atomic E-state index is 4.86. The minimum Gasteiger partial charge on any atom is -1.00 e. The molecule has 0 radical (unpaired) electrons. The van der Waals surface area contributed by atoms with Crippen molar-refractivity contribution in [1.29, 1.82) is 0 Å². The molecule has 2 heterocycles. The van der Waals surface area contributed by atoms with Crippen molar-refractivity contribution < 1.29 is 28.5 Å². The van der Waals surface area contributed by atoms with E-state index in [9.17, 15) is 0 Å². The summed E-state index contributed by atoms with van der Waals surface area (Å²) in [4.78, 5) is 4.86. The summed E-state index contributed by atoms with van der Waals surface area (Å²) in [5.41, 5.74) is 4.16. The zero-order valence-electron chi connectivity index (χ0n) is 15.3. The Labute approximate surface area is 170 Å². The number of fused-ring (bicyclic) bond motifs is 2. The molecule has 4 rings (SSSR count). The third-order valence-corrected chi connectivity index (χ3v) is 4.44. The molecule has 0 amide bonds. The molecule has 2 aromatic carbocycles. The predicted octanol–water partition coefficient (Wildman–Crippen LogP) is -0.460. The molecule has 2 aromatic heterocycles. The molecule has 136 valence electrons. The largest absolute Gasteiger partial charge is 1.00 e. The van der Waals surface area contributed by atoms with E-state index in [0.29, 0.717) is 6.54 Å². The van der Waals surface area contributed by atoms with Crippen LogP contribution in [0.5, 0.6) is 0 Å². The highest BCUT2D eigenvalue weighted by Gasteiger charge is 2.15. The van der Waals surface area contributed by atoms with Crippen LogP contribution in [0.15, 0.2) is 48.5 Å². The van der Waals surface area contributed by atoms with Gasteiger partial charge in [-0.3, -0.25) is 0 Å². The summed E-state index contributed by atoms with van der Waals surface area (Å²) in [6.45, 7) is 2.57. The minimum absolute atomic E-state index is 0. The highest BCUT2D eigenvalue weighted by molar-refractivity contribution is 5.76. The number of hydrogen-bond acceptors (Lipinski definition) is 3. The highest BCUT2D eigenvalue weighted by atomic mass is 127. The first-order chi connectivity index (χ1) is 12.0. The number of rotatable bonds is 5. The third-order valence-electron chi connectivity index (χ3n) is 4.44. The molecule has 6 nitrogen and oxygen atoms in total. The van der Waals surface area contributed by atoms with Gasteiger partial charge in [-0.25, -0.2) is 9.67 Å². The van der Waals surface area contributed by atoms with Crippen molar-refractivity contribution in [2.24, 2.45) is 0 Å². The van der Waals surface area contributed by atoms with Gasteiger partial charge in [-0.15, -0.1) is 5.10 Å². The summed E-state index contributed by atoms with van der Waals surface area (Å²) in [5.74, 6) is 1.02. The monoisotopic (exact) mass is 462 g/mol. The molecule has 0 saturated heterocycles. The fraction of sp³-hybridized carbons (Fsp3) is 0.316. The summed E-state index contributed by atoms with van der Waals surface area (Å²) in [7, 11) is 6.64. The van der Waals surface area contributed by atoms with Crippen LogP contribution in [-0.2, 0) is 13.1 Å². The van der Waals surface area contributed by atoms with Crippen molar-refractivity contribution in [1.82, 2.24) is 24.5 Å². The van der Waals surface area contributed by atoms with E-state index >= 15 is 0 Å². The van der Waals surface area contributed by atoms with Gasteiger partial charge in [0, 0.05) is 0 Å². The second kappa shape index (κ2) is 7.32. The maximum absolute atomic E-state index is 4.86. The number of aromatic nitrogens is 5. The van der Waals surface area contributed by atoms with Gasteiger partial charge < -0.3 is 33.0 Å². The zero-order valence-corrected chi connectivity index (χ0v) is 17.5. The second-order valence-corrected chi connectivity index (χ2v) is 7.42. The van der Waals surface area contributed by atoms with Crippen molar-refractivity contribution in [3.8, 4) is 0 Å².